The maximum absolute atomic E-state index is 14.5. The molecule has 0 heterocycles. The van der Waals surface area contributed by atoms with E-state index in [0.29, 0.717) is 18.4 Å². The van der Waals surface area contributed by atoms with E-state index in [1.807, 2.05) is 0 Å². The molecule has 0 saturated heterocycles. The van der Waals surface area contributed by atoms with E-state index in [4.69, 9.17) is 5.73 Å². The summed E-state index contributed by atoms with van der Waals surface area (Å²) in [4.78, 5) is 11.9. The number of hydrogen-bond acceptors (Lipinski definition) is 3. The summed E-state index contributed by atoms with van der Waals surface area (Å²) in [6.45, 7) is 1.81. The van der Waals surface area contributed by atoms with Crippen LogP contribution < -0.4 is 16.4 Å². The smallest absolute Gasteiger partial charge is 0.395 e. The molecule has 4 N–H and O–H groups in total. The van der Waals surface area contributed by atoms with Gasteiger partial charge in [0.15, 0.2) is 5.82 Å². The van der Waals surface area contributed by atoms with Crippen molar-refractivity contribution in [2.24, 2.45) is 0 Å². The molecule has 0 aliphatic rings. The van der Waals surface area contributed by atoms with Crippen LogP contribution in [0.25, 0.3) is 0 Å². The summed E-state index contributed by atoms with van der Waals surface area (Å²) in [7, 11) is 0. The van der Waals surface area contributed by atoms with Gasteiger partial charge in [-0.25, -0.2) is 13.2 Å². The van der Waals surface area contributed by atoms with E-state index < -0.39 is 41.5 Å². The zero-order chi connectivity index (χ0) is 23.2. The third-order valence-corrected chi connectivity index (χ3v) is 4.60. The van der Waals surface area contributed by atoms with Gasteiger partial charge < -0.3 is 16.4 Å². The lowest BCUT2D eigenvalue weighted by atomic mass is 10.1. The first-order valence-electron chi connectivity index (χ1n) is 9.61. The van der Waals surface area contributed by atoms with Gasteiger partial charge in [0.05, 0.1) is 22.6 Å². The van der Waals surface area contributed by atoms with Crippen LogP contribution in [-0.2, 0) is 17.5 Å². The SMILES string of the molecule is CCCC[C@H](F)[C@@H](F)C(=O)Nc1ccc(NCc2ccc(C(F)(F)F)cc2)c(F)c1N. The molecule has 0 aliphatic carbocycles. The van der Waals surface area contributed by atoms with E-state index in [1.54, 1.807) is 6.92 Å². The number of nitrogen functional groups attached to an aromatic ring is 1. The van der Waals surface area contributed by atoms with E-state index in [1.165, 1.54) is 24.3 Å². The van der Waals surface area contributed by atoms with Crippen LogP contribution in [-0.4, -0.2) is 18.3 Å². The van der Waals surface area contributed by atoms with Gasteiger partial charge >= 0.3 is 6.18 Å². The molecule has 0 saturated carbocycles. The topological polar surface area (TPSA) is 67.2 Å². The summed E-state index contributed by atoms with van der Waals surface area (Å²) >= 11 is 0. The first-order chi connectivity index (χ1) is 14.5. The average molecular weight is 447 g/mol. The Balaban J connectivity index is 2.02. The Kier molecular flexibility index (Phi) is 8.18. The molecular formula is C21H23F6N3O. The first kappa shape index (κ1) is 24.4. The zero-order valence-electron chi connectivity index (χ0n) is 16.7. The Morgan fingerprint density at radius 1 is 1.06 bits per heavy atom. The number of nitrogens with two attached hydrogens (primary N) is 1. The van der Waals surface area contributed by atoms with Gasteiger partial charge in [-0.15, -0.1) is 0 Å². The zero-order valence-corrected chi connectivity index (χ0v) is 16.7. The minimum atomic E-state index is -4.45. The molecule has 0 aromatic heterocycles. The summed E-state index contributed by atoms with van der Waals surface area (Å²) < 4.78 is 79.9. The van der Waals surface area contributed by atoms with Crippen LogP contribution in [0.3, 0.4) is 0 Å². The molecule has 0 fully saturated rings. The molecule has 0 unspecified atom stereocenters. The average Bonchev–Trinajstić information content (AvgIpc) is 2.73. The van der Waals surface area contributed by atoms with Gasteiger partial charge in [0.2, 0.25) is 6.17 Å². The number of anilines is 3. The standard InChI is InChI=1S/C21H23F6N3O/c1-2-3-4-14(22)17(23)20(31)30-16-10-9-15(18(24)19(16)28)29-11-12-5-7-13(8-6-12)21(25,26)27/h5-10,14,17,29H,2-4,11,28H2,1H3,(H,30,31)/t14-,17+/m0/s1. The Morgan fingerprint density at radius 3 is 2.26 bits per heavy atom. The van der Waals surface area contributed by atoms with Crippen LogP contribution in [0, 0.1) is 5.82 Å². The Hall–Kier alpha value is -2.91. The third kappa shape index (κ3) is 6.53. The van der Waals surface area contributed by atoms with Crippen LogP contribution >= 0.6 is 0 Å². The highest BCUT2D eigenvalue weighted by molar-refractivity contribution is 5.97. The molecule has 10 heteroatoms. The fourth-order valence-electron chi connectivity index (χ4n) is 2.76. The molecule has 170 valence electrons. The number of rotatable bonds is 9. The second-order valence-corrected chi connectivity index (χ2v) is 6.99. The number of halogens is 6. The second kappa shape index (κ2) is 10.4. The quantitative estimate of drug-likeness (QED) is 0.334. The lowest BCUT2D eigenvalue weighted by Crippen LogP contribution is -2.32. The maximum Gasteiger partial charge on any atom is 0.416 e. The van der Waals surface area contributed by atoms with E-state index in [-0.39, 0.29) is 24.3 Å². The number of amides is 1. The fourth-order valence-corrected chi connectivity index (χ4v) is 2.76. The van der Waals surface area contributed by atoms with E-state index in [2.05, 4.69) is 10.6 Å². The number of nitrogens with one attached hydrogen (secondary N) is 2. The Labute approximate surface area is 175 Å². The molecule has 1 amide bonds. The molecule has 2 aromatic carbocycles. The van der Waals surface area contributed by atoms with Crippen molar-refractivity contribution in [3.8, 4) is 0 Å². The summed E-state index contributed by atoms with van der Waals surface area (Å²) in [6.07, 6.45) is -7.88. The highest BCUT2D eigenvalue weighted by Crippen LogP contribution is 2.31. The Morgan fingerprint density at radius 2 is 1.68 bits per heavy atom. The minimum absolute atomic E-state index is 0.00766. The van der Waals surface area contributed by atoms with Gasteiger partial charge in [-0.3, -0.25) is 4.79 Å². The number of hydrogen-bond donors (Lipinski definition) is 3. The molecule has 4 nitrogen and oxygen atoms in total. The normalized spacial score (nSPS) is 13.5. The van der Waals surface area contributed by atoms with Crippen molar-refractivity contribution in [2.75, 3.05) is 16.4 Å². The van der Waals surface area contributed by atoms with Crippen molar-refractivity contribution in [3.05, 3.63) is 53.3 Å². The maximum atomic E-state index is 14.5. The van der Waals surface area contributed by atoms with E-state index in [0.717, 1.165) is 12.1 Å². The van der Waals surface area contributed by atoms with Gasteiger partial charge in [0.1, 0.15) is 6.17 Å². The molecule has 31 heavy (non-hydrogen) atoms. The van der Waals surface area contributed by atoms with Crippen LogP contribution in [0.4, 0.5) is 43.4 Å². The monoisotopic (exact) mass is 447 g/mol. The number of unbranched alkanes of at least 4 members (excludes halogenated alkanes) is 1. The Bertz CT molecular complexity index is 886. The molecule has 0 bridgehead atoms. The second-order valence-electron chi connectivity index (χ2n) is 6.99. The predicted octanol–water partition coefficient (Wildman–Crippen LogP) is 5.84. The molecule has 0 spiro atoms. The number of alkyl halides is 5. The van der Waals surface area contributed by atoms with Gasteiger partial charge in [-0.2, -0.15) is 13.2 Å². The summed E-state index contributed by atoms with van der Waals surface area (Å²) in [5.41, 5.74) is 4.54. The lowest BCUT2D eigenvalue weighted by molar-refractivity contribution is -0.137. The van der Waals surface area contributed by atoms with Crippen LogP contribution in [0.15, 0.2) is 36.4 Å². The minimum Gasteiger partial charge on any atom is -0.395 e. The van der Waals surface area contributed by atoms with Crippen molar-refractivity contribution >= 4 is 23.0 Å². The molecule has 2 aromatic rings. The largest absolute Gasteiger partial charge is 0.416 e. The fraction of sp³-hybridized carbons (Fsp3) is 0.381. The van der Waals surface area contributed by atoms with Gasteiger partial charge in [-0.05, 0) is 36.2 Å². The van der Waals surface area contributed by atoms with Crippen molar-refractivity contribution in [2.45, 2.75) is 51.3 Å². The highest BCUT2D eigenvalue weighted by atomic mass is 19.4. The van der Waals surface area contributed by atoms with Crippen molar-refractivity contribution < 1.29 is 31.1 Å². The lowest BCUT2D eigenvalue weighted by Gasteiger charge is -2.16. The highest BCUT2D eigenvalue weighted by Gasteiger charge is 2.30. The molecule has 2 rings (SSSR count). The van der Waals surface area contributed by atoms with Gasteiger partial charge in [-0.1, -0.05) is 31.9 Å². The number of carbonyl (C=O) groups is 1. The van der Waals surface area contributed by atoms with Gasteiger partial charge in [0, 0.05) is 6.54 Å². The summed E-state index contributed by atoms with van der Waals surface area (Å²) in [5.74, 6) is -2.21. The van der Waals surface area contributed by atoms with E-state index >= 15 is 0 Å². The predicted molar refractivity (Wildman–Crippen MR) is 108 cm³/mol. The molecule has 0 aliphatic heterocycles. The number of benzene rings is 2. The van der Waals surface area contributed by atoms with E-state index in [9.17, 15) is 31.1 Å². The van der Waals surface area contributed by atoms with Crippen LogP contribution in [0.5, 0.6) is 0 Å². The third-order valence-electron chi connectivity index (χ3n) is 4.60. The molecular weight excluding hydrogens is 424 g/mol. The first-order valence-corrected chi connectivity index (χ1v) is 9.61. The van der Waals surface area contributed by atoms with Crippen molar-refractivity contribution in [1.82, 2.24) is 0 Å². The molecule has 2 atom stereocenters. The van der Waals surface area contributed by atoms with Gasteiger partial charge in [0.25, 0.3) is 5.91 Å². The van der Waals surface area contributed by atoms with Crippen LogP contribution in [0.2, 0.25) is 0 Å². The molecule has 0 radical (unpaired) electrons. The summed E-state index contributed by atoms with van der Waals surface area (Å²) in [6, 6.07) is 6.76. The number of carbonyl (C=O) groups excluding carboxylic acids is 1. The summed E-state index contributed by atoms with van der Waals surface area (Å²) in [5, 5.41) is 4.77. The van der Waals surface area contributed by atoms with Crippen molar-refractivity contribution in [3.63, 3.8) is 0 Å². The van der Waals surface area contributed by atoms with Crippen LogP contribution in [0.1, 0.15) is 37.3 Å². The van der Waals surface area contributed by atoms with Crippen molar-refractivity contribution in [1.29, 1.82) is 0 Å².